The van der Waals surface area contributed by atoms with Crippen molar-refractivity contribution in [3.05, 3.63) is 53.1 Å². The number of carbonyl (C=O) groups excluding carboxylic acids is 1. The van der Waals surface area contributed by atoms with Gasteiger partial charge in [0.05, 0.1) is 41.0 Å². The first-order valence-electron chi connectivity index (χ1n) is 11.8. The number of aryl methyl sites for hydroxylation is 2. The van der Waals surface area contributed by atoms with Gasteiger partial charge in [0.15, 0.2) is 5.13 Å². The molecule has 0 aliphatic carbocycles. The van der Waals surface area contributed by atoms with Gasteiger partial charge >= 0.3 is 0 Å². The van der Waals surface area contributed by atoms with E-state index in [1.165, 1.54) is 27.8 Å². The summed E-state index contributed by atoms with van der Waals surface area (Å²) in [4.78, 5) is 20.3. The number of thiazole rings is 1. The maximum Gasteiger partial charge on any atom is 0.260 e. The Morgan fingerprint density at radius 3 is 2.57 bits per heavy atom. The van der Waals surface area contributed by atoms with Crippen LogP contribution in [-0.2, 0) is 19.5 Å². The first kappa shape index (κ1) is 24.3. The van der Waals surface area contributed by atoms with Crippen molar-refractivity contribution >= 4 is 42.6 Å². The van der Waals surface area contributed by atoms with E-state index in [4.69, 9.17) is 14.5 Å². The van der Waals surface area contributed by atoms with Crippen molar-refractivity contribution in [2.24, 2.45) is 0 Å². The molecule has 2 aliphatic rings. The smallest absolute Gasteiger partial charge is 0.260 e. The van der Waals surface area contributed by atoms with E-state index >= 15 is 0 Å². The van der Waals surface area contributed by atoms with Crippen molar-refractivity contribution in [2.75, 3.05) is 44.4 Å². The molecular weight excluding hydrogens is 486 g/mol. The summed E-state index contributed by atoms with van der Waals surface area (Å²) < 4.78 is 39.5. The molecule has 5 rings (SSSR count). The molecular formula is C25H29N3O5S2. The number of carbonyl (C=O) groups is 1. The maximum absolute atomic E-state index is 13.7. The summed E-state index contributed by atoms with van der Waals surface area (Å²) in [5.74, 6) is -0.218. The Kier molecular flexibility index (Phi) is 6.91. The highest BCUT2D eigenvalue weighted by Gasteiger charge is 2.29. The predicted molar refractivity (Wildman–Crippen MR) is 136 cm³/mol. The van der Waals surface area contributed by atoms with E-state index in [-0.39, 0.29) is 16.9 Å². The second-order valence-electron chi connectivity index (χ2n) is 9.02. The van der Waals surface area contributed by atoms with Crippen LogP contribution in [0.15, 0.2) is 41.3 Å². The molecule has 2 aromatic carbocycles. The zero-order chi connectivity index (χ0) is 24.6. The summed E-state index contributed by atoms with van der Waals surface area (Å²) >= 11 is 1.50. The lowest BCUT2D eigenvalue weighted by molar-refractivity contribution is 0.0730. The Bertz CT molecular complexity index is 1330. The van der Waals surface area contributed by atoms with Crippen molar-refractivity contribution in [3.63, 3.8) is 0 Å². The Hall–Kier alpha value is -2.37. The zero-order valence-electron chi connectivity index (χ0n) is 19.9. The Balaban J connectivity index is 1.45. The highest BCUT2D eigenvalue weighted by molar-refractivity contribution is 7.89. The molecule has 1 amide bonds. The topological polar surface area (TPSA) is 89.0 Å². The molecule has 0 spiro atoms. The van der Waals surface area contributed by atoms with Crippen LogP contribution < -0.4 is 4.90 Å². The van der Waals surface area contributed by atoms with E-state index < -0.39 is 10.0 Å². The summed E-state index contributed by atoms with van der Waals surface area (Å²) in [6.07, 6.45) is 1.82. The van der Waals surface area contributed by atoms with Crippen LogP contribution in [0.2, 0.25) is 0 Å². The molecule has 2 aliphatic heterocycles. The van der Waals surface area contributed by atoms with Gasteiger partial charge in [-0.15, -0.1) is 0 Å². The lowest BCUT2D eigenvalue weighted by Crippen LogP contribution is -2.40. The van der Waals surface area contributed by atoms with Crippen LogP contribution in [-0.4, -0.2) is 69.2 Å². The second-order valence-corrected chi connectivity index (χ2v) is 11.9. The van der Waals surface area contributed by atoms with Crippen LogP contribution >= 0.6 is 11.3 Å². The summed E-state index contributed by atoms with van der Waals surface area (Å²) in [5, 5.41) is 0.624. The van der Waals surface area contributed by atoms with Crippen molar-refractivity contribution in [1.29, 1.82) is 0 Å². The van der Waals surface area contributed by atoms with Crippen LogP contribution in [0.25, 0.3) is 10.2 Å². The number of anilines is 1. The number of benzene rings is 2. The van der Waals surface area contributed by atoms with Gasteiger partial charge in [-0.25, -0.2) is 13.4 Å². The average Bonchev–Trinajstić information content (AvgIpc) is 3.53. The maximum atomic E-state index is 13.7. The number of aromatic nitrogens is 1. The van der Waals surface area contributed by atoms with Crippen molar-refractivity contribution in [1.82, 2.24) is 9.29 Å². The Labute approximate surface area is 209 Å². The fourth-order valence-electron chi connectivity index (χ4n) is 4.58. The largest absolute Gasteiger partial charge is 0.379 e. The molecule has 2 fully saturated rings. The summed E-state index contributed by atoms with van der Waals surface area (Å²) in [7, 11) is -3.62. The minimum Gasteiger partial charge on any atom is -0.379 e. The number of hydrogen-bond acceptors (Lipinski definition) is 7. The summed E-state index contributed by atoms with van der Waals surface area (Å²) in [6, 6.07) is 10.3. The lowest BCUT2D eigenvalue weighted by atomic mass is 10.1. The lowest BCUT2D eigenvalue weighted by Gasteiger charge is -2.26. The number of rotatable bonds is 6. The molecule has 1 atom stereocenters. The van der Waals surface area contributed by atoms with Gasteiger partial charge in [-0.3, -0.25) is 9.69 Å². The van der Waals surface area contributed by atoms with Gasteiger partial charge in [-0.05, 0) is 68.1 Å². The third-order valence-electron chi connectivity index (χ3n) is 6.40. The normalized spacial score (nSPS) is 19.3. The molecule has 1 aromatic heterocycles. The summed E-state index contributed by atoms with van der Waals surface area (Å²) in [6.45, 7) is 6.61. The number of ether oxygens (including phenoxy) is 2. The van der Waals surface area contributed by atoms with Gasteiger partial charge in [0, 0.05) is 25.3 Å². The predicted octanol–water partition coefficient (Wildman–Crippen LogP) is 3.76. The van der Waals surface area contributed by atoms with Gasteiger partial charge in [-0.1, -0.05) is 17.4 Å². The molecule has 0 N–H and O–H groups in total. The van der Waals surface area contributed by atoms with Crippen molar-refractivity contribution < 1.29 is 22.7 Å². The van der Waals surface area contributed by atoms with E-state index in [0.717, 1.165) is 34.2 Å². The van der Waals surface area contributed by atoms with Gasteiger partial charge in [-0.2, -0.15) is 4.31 Å². The molecule has 10 heteroatoms. The molecule has 0 bridgehead atoms. The quantitative estimate of drug-likeness (QED) is 0.497. The van der Waals surface area contributed by atoms with Crippen molar-refractivity contribution in [3.8, 4) is 0 Å². The highest BCUT2D eigenvalue weighted by Crippen LogP contribution is 2.33. The van der Waals surface area contributed by atoms with Crippen LogP contribution in [0, 0.1) is 13.8 Å². The highest BCUT2D eigenvalue weighted by atomic mass is 32.2. The number of fused-ring (bicyclic) bond motifs is 1. The summed E-state index contributed by atoms with van der Waals surface area (Å²) in [5.41, 5.74) is 3.54. The SMILES string of the molecule is Cc1cc(C)c2sc(N(CC3CCCO3)C(=O)c3ccc(S(=O)(=O)N4CCOCC4)cc3)nc2c1. The van der Waals surface area contributed by atoms with Gasteiger partial charge in [0.2, 0.25) is 10.0 Å². The van der Waals surface area contributed by atoms with E-state index in [1.54, 1.807) is 17.0 Å². The first-order chi connectivity index (χ1) is 16.8. The monoisotopic (exact) mass is 515 g/mol. The Morgan fingerprint density at radius 2 is 1.89 bits per heavy atom. The minimum absolute atomic E-state index is 0.0465. The molecule has 8 nitrogen and oxygen atoms in total. The molecule has 3 heterocycles. The van der Waals surface area contributed by atoms with Gasteiger partial charge in [0.25, 0.3) is 5.91 Å². The van der Waals surface area contributed by atoms with Crippen molar-refractivity contribution in [2.45, 2.75) is 37.7 Å². The van der Waals surface area contributed by atoms with E-state index in [9.17, 15) is 13.2 Å². The van der Waals surface area contributed by atoms with E-state index in [0.29, 0.717) is 50.1 Å². The number of hydrogen-bond donors (Lipinski definition) is 0. The van der Waals surface area contributed by atoms with Crippen LogP contribution in [0.3, 0.4) is 0 Å². The second kappa shape index (κ2) is 9.94. The van der Waals surface area contributed by atoms with Gasteiger partial charge < -0.3 is 9.47 Å². The molecule has 0 saturated carbocycles. The fraction of sp³-hybridized carbons (Fsp3) is 0.440. The standard InChI is InChI=1S/C25H29N3O5S2/c1-17-14-18(2)23-22(15-17)26-25(34-23)28(16-20-4-3-11-33-20)24(29)19-5-7-21(8-6-19)35(30,31)27-9-12-32-13-10-27/h5-8,14-15,20H,3-4,9-13,16H2,1-2H3. The first-order valence-corrected chi connectivity index (χ1v) is 14.1. The van der Waals surface area contributed by atoms with E-state index in [1.807, 2.05) is 13.0 Å². The molecule has 0 radical (unpaired) electrons. The average molecular weight is 516 g/mol. The Morgan fingerprint density at radius 1 is 1.14 bits per heavy atom. The third-order valence-corrected chi connectivity index (χ3v) is 9.55. The van der Waals surface area contributed by atoms with E-state index in [2.05, 4.69) is 13.0 Å². The molecule has 186 valence electrons. The van der Waals surface area contributed by atoms with Crippen LogP contribution in [0.1, 0.15) is 34.3 Å². The van der Waals surface area contributed by atoms with Crippen LogP contribution in [0.5, 0.6) is 0 Å². The van der Waals surface area contributed by atoms with Gasteiger partial charge in [0.1, 0.15) is 0 Å². The number of amides is 1. The number of sulfonamides is 1. The zero-order valence-corrected chi connectivity index (χ0v) is 21.5. The molecule has 1 unspecified atom stereocenters. The van der Waals surface area contributed by atoms with Crippen LogP contribution in [0.4, 0.5) is 5.13 Å². The number of morpholine rings is 1. The third kappa shape index (κ3) is 4.99. The molecule has 35 heavy (non-hydrogen) atoms. The number of nitrogens with zero attached hydrogens (tertiary/aromatic N) is 3. The molecule has 2 saturated heterocycles. The fourth-order valence-corrected chi connectivity index (χ4v) is 7.01. The molecule has 3 aromatic rings. The minimum atomic E-state index is -3.62.